The van der Waals surface area contributed by atoms with E-state index in [4.69, 9.17) is 18.9 Å². The molecule has 8 aromatic rings. The number of phenols is 1. The van der Waals surface area contributed by atoms with Gasteiger partial charge >= 0.3 is 11.9 Å². The second-order valence-electron chi connectivity index (χ2n) is 20.3. The van der Waals surface area contributed by atoms with Gasteiger partial charge in [-0.3, -0.25) is 14.5 Å². The minimum absolute atomic E-state index is 0.0970. The quantitative estimate of drug-likeness (QED) is 0.0351. The van der Waals surface area contributed by atoms with E-state index in [2.05, 4.69) is 41.5 Å². The molecule has 2 amide bonds. The first kappa shape index (κ1) is 47.6. The van der Waals surface area contributed by atoms with Crippen LogP contribution in [0.1, 0.15) is 139 Å². The Balaban J connectivity index is 1.37. The molecule has 0 aliphatic carbocycles. The number of carbonyl (C=O) groups is 4. The molecule has 0 radical (unpaired) electrons. The lowest BCUT2D eigenvalue weighted by atomic mass is 9.82. The molecule has 1 aliphatic heterocycles. The van der Waals surface area contributed by atoms with Gasteiger partial charge in [-0.2, -0.15) is 0 Å². The zero-order valence-corrected chi connectivity index (χ0v) is 41.2. The van der Waals surface area contributed by atoms with E-state index in [9.17, 15) is 24.3 Å². The van der Waals surface area contributed by atoms with Crippen LogP contribution in [0.15, 0.2) is 109 Å². The molecule has 1 N–H and O–H groups in total. The Morgan fingerprint density at radius 1 is 0.529 bits per heavy atom. The van der Waals surface area contributed by atoms with E-state index in [-0.39, 0.29) is 53.0 Å². The summed E-state index contributed by atoms with van der Waals surface area (Å²) in [5.41, 5.74) is 3.76. The minimum Gasteiger partial charge on any atom is -0.508 e. The summed E-state index contributed by atoms with van der Waals surface area (Å²) in [5, 5.41) is 14.2. The van der Waals surface area contributed by atoms with Crippen molar-refractivity contribution in [2.45, 2.75) is 98.3 Å². The van der Waals surface area contributed by atoms with Crippen molar-refractivity contribution in [2.75, 3.05) is 19.8 Å². The highest BCUT2D eigenvalue weighted by molar-refractivity contribution is 6.41. The second kappa shape index (κ2) is 18.8. The van der Waals surface area contributed by atoms with Crippen LogP contribution in [0.25, 0.3) is 43.1 Å². The maximum absolute atomic E-state index is 15.0. The zero-order valence-electron chi connectivity index (χ0n) is 41.2. The predicted octanol–water partition coefficient (Wildman–Crippen LogP) is 14.4. The molecule has 1 aliphatic rings. The van der Waals surface area contributed by atoms with Gasteiger partial charge in [0.1, 0.15) is 28.7 Å². The maximum atomic E-state index is 15.0. The van der Waals surface area contributed by atoms with E-state index < -0.39 is 23.8 Å². The molecule has 10 heteroatoms. The molecule has 9 rings (SSSR count). The molecule has 0 spiro atoms. The fourth-order valence-electron chi connectivity index (χ4n) is 9.44. The highest BCUT2D eigenvalue weighted by atomic mass is 16.5. The Morgan fingerprint density at radius 2 is 1.01 bits per heavy atom. The number of hydrogen-bond donors (Lipinski definition) is 1. The van der Waals surface area contributed by atoms with E-state index in [1.165, 1.54) is 4.90 Å². The third-order valence-corrected chi connectivity index (χ3v) is 13.3. The standard InChI is InChI=1S/C60H59NO9/c1-9-11-31-67-57(65)44-28-26-42-51-47(69-39-21-15-36(16-22-39)59(3,4)5)33-45-49-43(55(63)61(56(45)64)30-29-35-13-19-38(62)20-14-35)27-25-41(53(49)51)52-48(70-40-23-17-37(18-24-40)60(6,7)8)34-46(50(44)54(42)52)58(66)68-32-12-10-2/h13-28,33-34,62H,9-12,29-32H2,1-8H3. The fourth-order valence-corrected chi connectivity index (χ4v) is 9.44. The van der Waals surface area contributed by atoms with Crippen molar-refractivity contribution >= 4 is 66.8 Å². The van der Waals surface area contributed by atoms with E-state index in [0.717, 1.165) is 29.5 Å². The number of phenolic OH excluding ortho intramolecular Hbond substituents is 1. The van der Waals surface area contributed by atoms with E-state index >= 15 is 0 Å². The van der Waals surface area contributed by atoms with Crippen LogP contribution in [0.2, 0.25) is 0 Å². The molecule has 0 bridgehead atoms. The van der Waals surface area contributed by atoms with Crippen LogP contribution < -0.4 is 9.47 Å². The van der Waals surface area contributed by atoms with Crippen molar-refractivity contribution in [2.24, 2.45) is 0 Å². The minimum atomic E-state index is -0.622. The van der Waals surface area contributed by atoms with Crippen LogP contribution in [0, 0.1) is 0 Å². The largest absolute Gasteiger partial charge is 0.508 e. The summed E-state index contributed by atoms with van der Waals surface area (Å²) in [6.45, 7) is 17.3. The first-order chi connectivity index (χ1) is 33.5. The topological polar surface area (TPSA) is 129 Å². The number of unbranched alkanes of at least 4 members (excludes halogenated alkanes) is 2. The summed E-state index contributed by atoms with van der Waals surface area (Å²) < 4.78 is 25.6. The smallest absolute Gasteiger partial charge is 0.338 e. The highest BCUT2D eigenvalue weighted by Gasteiger charge is 2.37. The average molecular weight is 938 g/mol. The van der Waals surface area contributed by atoms with E-state index in [0.29, 0.717) is 90.9 Å². The van der Waals surface area contributed by atoms with Crippen molar-refractivity contribution in [3.05, 3.63) is 148 Å². The third kappa shape index (κ3) is 8.87. The molecule has 0 saturated carbocycles. The Kier molecular flexibility index (Phi) is 12.8. The summed E-state index contributed by atoms with van der Waals surface area (Å²) in [4.78, 5) is 59.8. The SMILES string of the molecule is CCCCOC(=O)c1ccc2c3c(Oc4ccc(C(C)(C)C)cc4)cc4c5c(ccc(c6c(Oc7ccc(C(C)(C)C)cc7)cc(C(=O)OCCCC)c1c26)c53)C(=O)N(CCc1ccc(O)cc1)C4=O. The monoisotopic (exact) mass is 937 g/mol. The molecule has 358 valence electrons. The number of rotatable bonds is 15. The van der Waals surface area contributed by atoms with Gasteiger partial charge in [0, 0.05) is 44.4 Å². The molecule has 0 atom stereocenters. The zero-order chi connectivity index (χ0) is 49.6. The molecule has 0 saturated heterocycles. The van der Waals surface area contributed by atoms with Gasteiger partial charge in [-0.05, 0) is 118 Å². The number of hydrogen-bond acceptors (Lipinski definition) is 9. The van der Waals surface area contributed by atoms with Crippen molar-refractivity contribution in [3.63, 3.8) is 0 Å². The van der Waals surface area contributed by atoms with E-state index in [1.54, 1.807) is 48.5 Å². The second-order valence-corrected chi connectivity index (χ2v) is 20.3. The lowest BCUT2D eigenvalue weighted by molar-refractivity contribution is 0.0500. The van der Waals surface area contributed by atoms with Crippen molar-refractivity contribution in [1.29, 1.82) is 0 Å². The van der Waals surface area contributed by atoms with Crippen molar-refractivity contribution in [3.8, 4) is 28.7 Å². The van der Waals surface area contributed by atoms with Gasteiger partial charge in [-0.15, -0.1) is 0 Å². The number of carbonyl (C=O) groups excluding carboxylic acids is 4. The number of ether oxygens (including phenoxy) is 4. The van der Waals surface area contributed by atoms with E-state index in [1.807, 2.05) is 74.5 Å². The Labute approximate surface area is 408 Å². The van der Waals surface area contributed by atoms with Gasteiger partial charge in [0.15, 0.2) is 0 Å². The molecule has 0 aromatic heterocycles. The first-order valence-electron chi connectivity index (χ1n) is 24.3. The van der Waals surface area contributed by atoms with Crippen molar-refractivity contribution < 1.29 is 43.2 Å². The van der Waals surface area contributed by atoms with Gasteiger partial charge in [0.05, 0.1) is 29.9 Å². The molecule has 70 heavy (non-hydrogen) atoms. The van der Waals surface area contributed by atoms with Crippen LogP contribution in [0.5, 0.6) is 28.7 Å². The average Bonchev–Trinajstić information content (AvgIpc) is 3.33. The van der Waals surface area contributed by atoms with Gasteiger partial charge in [0.25, 0.3) is 11.8 Å². The maximum Gasteiger partial charge on any atom is 0.338 e. The molecule has 8 aromatic carbocycles. The summed E-state index contributed by atoms with van der Waals surface area (Å²) in [5.74, 6) is -0.325. The molecule has 0 unspecified atom stereocenters. The number of aromatic hydroxyl groups is 1. The molecular formula is C60H59NO9. The number of amides is 2. The Bertz CT molecular complexity index is 3320. The summed E-state index contributed by atoms with van der Waals surface area (Å²) >= 11 is 0. The van der Waals surface area contributed by atoms with Crippen LogP contribution in [0.4, 0.5) is 0 Å². The number of esters is 2. The van der Waals surface area contributed by atoms with Crippen LogP contribution in [0.3, 0.4) is 0 Å². The molecular weight excluding hydrogens is 879 g/mol. The van der Waals surface area contributed by atoms with Gasteiger partial charge in [-0.1, -0.05) is 117 Å². The van der Waals surface area contributed by atoms with Gasteiger partial charge in [0.2, 0.25) is 0 Å². The number of benzene rings is 8. The summed E-state index contributed by atoms with van der Waals surface area (Å²) in [6, 6.07) is 32.8. The van der Waals surface area contributed by atoms with Crippen LogP contribution >= 0.6 is 0 Å². The number of fused-ring (bicyclic) bond motifs is 2. The van der Waals surface area contributed by atoms with Gasteiger partial charge in [-0.25, -0.2) is 9.59 Å². The molecule has 0 fully saturated rings. The fraction of sp³-hybridized carbons (Fsp3) is 0.300. The summed E-state index contributed by atoms with van der Waals surface area (Å²) in [6.07, 6.45) is 3.30. The summed E-state index contributed by atoms with van der Waals surface area (Å²) in [7, 11) is 0. The van der Waals surface area contributed by atoms with Gasteiger partial charge < -0.3 is 24.1 Å². The first-order valence-corrected chi connectivity index (χ1v) is 24.3. The number of nitrogens with zero attached hydrogens (tertiary/aromatic N) is 1. The Morgan fingerprint density at radius 3 is 1.54 bits per heavy atom. The third-order valence-electron chi connectivity index (χ3n) is 13.3. The normalized spacial score (nSPS) is 12.9. The molecule has 1 heterocycles. The highest BCUT2D eigenvalue weighted by Crippen LogP contribution is 2.52. The Hall–Kier alpha value is -7.46. The number of imide groups is 1. The lowest BCUT2D eigenvalue weighted by Gasteiger charge is -2.30. The van der Waals surface area contributed by atoms with Crippen molar-refractivity contribution in [1.82, 2.24) is 4.90 Å². The predicted molar refractivity (Wildman–Crippen MR) is 276 cm³/mol. The lowest BCUT2D eigenvalue weighted by Crippen LogP contribution is -2.41. The van der Waals surface area contributed by atoms with Crippen LogP contribution in [-0.4, -0.2) is 53.5 Å². The van der Waals surface area contributed by atoms with Crippen LogP contribution in [-0.2, 0) is 26.7 Å². The molecule has 10 nitrogen and oxygen atoms in total.